The quantitative estimate of drug-likeness (QED) is 0.751. The molecule has 1 aliphatic carbocycles. The first-order chi connectivity index (χ1) is 6.59. The maximum atomic E-state index is 13.0. The zero-order chi connectivity index (χ0) is 10.2. The van der Waals surface area contributed by atoms with Crippen molar-refractivity contribution >= 4 is 0 Å². The fourth-order valence-electron chi connectivity index (χ4n) is 2.84. The number of hydrogen-bond donors (Lipinski definition) is 1. The van der Waals surface area contributed by atoms with E-state index in [1.165, 1.54) is 19.3 Å². The SMILES string of the molecule is NCC(F)(F)CN1CC2CCC(C2)C1. The van der Waals surface area contributed by atoms with Crippen LogP contribution in [-0.2, 0) is 0 Å². The summed E-state index contributed by atoms with van der Waals surface area (Å²) in [6.45, 7) is 1.04. The third-order valence-corrected chi connectivity index (χ3v) is 3.44. The van der Waals surface area contributed by atoms with Crippen LogP contribution >= 0.6 is 0 Å². The zero-order valence-corrected chi connectivity index (χ0v) is 8.38. The second kappa shape index (κ2) is 3.74. The summed E-state index contributed by atoms with van der Waals surface area (Å²) in [5.74, 6) is -1.36. The third kappa shape index (κ3) is 2.23. The Hall–Kier alpha value is -0.220. The monoisotopic (exact) mass is 204 g/mol. The van der Waals surface area contributed by atoms with Crippen molar-refractivity contribution in [2.45, 2.75) is 25.2 Å². The van der Waals surface area contributed by atoms with Crippen molar-refractivity contribution in [3.63, 3.8) is 0 Å². The molecule has 2 nitrogen and oxygen atoms in total. The fourth-order valence-corrected chi connectivity index (χ4v) is 2.84. The van der Waals surface area contributed by atoms with Gasteiger partial charge in [-0.1, -0.05) is 0 Å². The lowest BCUT2D eigenvalue weighted by atomic mass is 9.98. The van der Waals surface area contributed by atoms with Crippen molar-refractivity contribution in [1.29, 1.82) is 0 Å². The van der Waals surface area contributed by atoms with E-state index in [0.717, 1.165) is 13.1 Å². The third-order valence-electron chi connectivity index (χ3n) is 3.44. The van der Waals surface area contributed by atoms with Crippen molar-refractivity contribution in [1.82, 2.24) is 4.90 Å². The summed E-state index contributed by atoms with van der Waals surface area (Å²) in [5, 5.41) is 0. The van der Waals surface area contributed by atoms with Gasteiger partial charge in [0.15, 0.2) is 0 Å². The molecule has 2 fully saturated rings. The van der Waals surface area contributed by atoms with Gasteiger partial charge in [0.1, 0.15) is 0 Å². The molecule has 1 saturated heterocycles. The molecule has 1 saturated carbocycles. The smallest absolute Gasteiger partial charge is 0.272 e. The molecular formula is C10H18F2N2. The van der Waals surface area contributed by atoms with Crippen LogP contribution in [-0.4, -0.2) is 37.0 Å². The van der Waals surface area contributed by atoms with Crippen LogP contribution in [0.5, 0.6) is 0 Å². The lowest BCUT2D eigenvalue weighted by Gasteiger charge is -2.33. The van der Waals surface area contributed by atoms with E-state index >= 15 is 0 Å². The van der Waals surface area contributed by atoms with Crippen LogP contribution in [0.4, 0.5) is 8.78 Å². The van der Waals surface area contributed by atoms with Crippen LogP contribution in [0.25, 0.3) is 0 Å². The molecule has 2 aliphatic rings. The summed E-state index contributed by atoms with van der Waals surface area (Å²) in [6.07, 6.45) is 3.72. The first-order valence-corrected chi connectivity index (χ1v) is 5.39. The molecule has 0 spiro atoms. The normalized spacial score (nSPS) is 33.6. The van der Waals surface area contributed by atoms with E-state index in [1.807, 2.05) is 4.90 Å². The first-order valence-electron chi connectivity index (χ1n) is 5.39. The molecule has 0 amide bonds. The van der Waals surface area contributed by atoms with Gasteiger partial charge in [0.2, 0.25) is 0 Å². The highest BCUT2D eigenvalue weighted by atomic mass is 19.3. The molecule has 0 aromatic carbocycles. The Balaban J connectivity index is 1.88. The number of alkyl halides is 2. The summed E-state index contributed by atoms with van der Waals surface area (Å²) in [7, 11) is 0. The van der Waals surface area contributed by atoms with Crippen LogP contribution < -0.4 is 5.73 Å². The zero-order valence-electron chi connectivity index (χ0n) is 8.38. The Labute approximate surface area is 83.4 Å². The summed E-state index contributed by atoms with van der Waals surface area (Å²) in [6, 6.07) is 0. The van der Waals surface area contributed by atoms with Gasteiger partial charge in [0.25, 0.3) is 5.92 Å². The van der Waals surface area contributed by atoms with E-state index < -0.39 is 12.5 Å². The van der Waals surface area contributed by atoms with Crippen molar-refractivity contribution < 1.29 is 8.78 Å². The Bertz CT molecular complexity index is 196. The van der Waals surface area contributed by atoms with Crippen molar-refractivity contribution in [3.05, 3.63) is 0 Å². The van der Waals surface area contributed by atoms with E-state index in [1.54, 1.807) is 0 Å². The largest absolute Gasteiger partial charge is 0.325 e. The second-order valence-electron chi connectivity index (χ2n) is 4.80. The number of nitrogens with zero attached hydrogens (tertiary/aromatic N) is 1. The Kier molecular flexibility index (Phi) is 2.75. The standard InChI is InChI=1S/C10H18F2N2/c11-10(12,6-13)7-14-4-8-1-2-9(3-8)5-14/h8-9H,1-7,13H2. The minimum Gasteiger partial charge on any atom is -0.325 e. The number of fused-ring (bicyclic) bond motifs is 2. The molecule has 2 bridgehead atoms. The van der Waals surface area contributed by atoms with Gasteiger partial charge in [-0.05, 0) is 31.1 Å². The van der Waals surface area contributed by atoms with Gasteiger partial charge in [0.05, 0.1) is 13.1 Å². The molecule has 2 atom stereocenters. The Morgan fingerprint density at radius 1 is 1.21 bits per heavy atom. The number of likely N-dealkylation sites (tertiary alicyclic amines) is 1. The van der Waals surface area contributed by atoms with Gasteiger partial charge in [0, 0.05) is 13.1 Å². The summed E-state index contributed by atoms with van der Waals surface area (Å²) >= 11 is 0. The maximum absolute atomic E-state index is 13.0. The molecule has 14 heavy (non-hydrogen) atoms. The van der Waals surface area contributed by atoms with Gasteiger partial charge in [-0.2, -0.15) is 0 Å². The average Bonchev–Trinajstić information content (AvgIpc) is 2.45. The van der Waals surface area contributed by atoms with E-state index in [-0.39, 0.29) is 6.54 Å². The van der Waals surface area contributed by atoms with Gasteiger partial charge in [-0.3, -0.25) is 4.90 Å². The van der Waals surface area contributed by atoms with Crippen LogP contribution in [0, 0.1) is 11.8 Å². The van der Waals surface area contributed by atoms with E-state index in [2.05, 4.69) is 0 Å². The molecule has 1 heterocycles. The summed E-state index contributed by atoms with van der Waals surface area (Å²) in [5.41, 5.74) is 5.03. The van der Waals surface area contributed by atoms with Gasteiger partial charge in [-0.25, -0.2) is 8.78 Å². The van der Waals surface area contributed by atoms with E-state index in [9.17, 15) is 8.78 Å². The minimum absolute atomic E-state index is 0.142. The van der Waals surface area contributed by atoms with Crippen molar-refractivity contribution in [2.24, 2.45) is 17.6 Å². The molecule has 1 aliphatic heterocycles. The molecular weight excluding hydrogens is 186 g/mol. The van der Waals surface area contributed by atoms with Crippen LogP contribution in [0.3, 0.4) is 0 Å². The second-order valence-corrected chi connectivity index (χ2v) is 4.80. The molecule has 0 aromatic heterocycles. The molecule has 0 radical (unpaired) electrons. The van der Waals surface area contributed by atoms with Crippen molar-refractivity contribution in [2.75, 3.05) is 26.2 Å². The van der Waals surface area contributed by atoms with Gasteiger partial charge in [-0.15, -0.1) is 0 Å². The highest BCUT2D eigenvalue weighted by Gasteiger charge is 2.37. The molecule has 2 N–H and O–H groups in total. The van der Waals surface area contributed by atoms with Gasteiger partial charge < -0.3 is 5.73 Å². The lowest BCUT2D eigenvalue weighted by molar-refractivity contribution is -0.0338. The molecule has 2 unspecified atom stereocenters. The lowest BCUT2D eigenvalue weighted by Crippen LogP contribution is -2.46. The number of halogens is 2. The highest BCUT2D eigenvalue weighted by Crippen LogP contribution is 2.36. The topological polar surface area (TPSA) is 29.3 Å². The van der Waals surface area contributed by atoms with Gasteiger partial charge >= 0.3 is 0 Å². The average molecular weight is 204 g/mol. The Morgan fingerprint density at radius 2 is 1.79 bits per heavy atom. The number of hydrogen-bond acceptors (Lipinski definition) is 2. The summed E-state index contributed by atoms with van der Waals surface area (Å²) < 4.78 is 26.1. The van der Waals surface area contributed by atoms with Crippen LogP contribution in [0.1, 0.15) is 19.3 Å². The molecule has 4 heteroatoms. The molecule has 0 aromatic rings. The first kappa shape index (κ1) is 10.3. The number of piperidine rings is 1. The minimum atomic E-state index is -2.70. The number of rotatable bonds is 3. The highest BCUT2D eigenvalue weighted by molar-refractivity contribution is 4.87. The fraction of sp³-hybridized carbons (Fsp3) is 1.00. The van der Waals surface area contributed by atoms with E-state index in [4.69, 9.17) is 5.73 Å². The van der Waals surface area contributed by atoms with E-state index in [0.29, 0.717) is 11.8 Å². The molecule has 82 valence electrons. The predicted octanol–water partition coefficient (Wildman–Crippen LogP) is 1.31. The predicted molar refractivity (Wildman–Crippen MR) is 51.3 cm³/mol. The van der Waals surface area contributed by atoms with Crippen molar-refractivity contribution in [3.8, 4) is 0 Å². The van der Waals surface area contributed by atoms with Crippen LogP contribution in [0.2, 0.25) is 0 Å². The summed E-state index contributed by atoms with van der Waals surface area (Å²) in [4.78, 5) is 1.90. The van der Waals surface area contributed by atoms with Crippen LogP contribution in [0.15, 0.2) is 0 Å². The molecule has 2 rings (SSSR count). The number of nitrogens with two attached hydrogens (primary N) is 1. The maximum Gasteiger partial charge on any atom is 0.272 e. The Morgan fingerprint density at radius 3 is 2.29 bits per heavy atom.